The summed E-state index contributed by atoms with van der Waals surface area (Å²) >= 11 is 0. The lowest BCUT2D eigenvalue weighted by Gasteiger charge is -2.34. The SMILES string of the molecule is CN(C)CCCN(C)C(=O)C(COCc1ccccc1)N(CCN(CCN(CC(=O)O)CC(=O)O)CC(=O)O)CC(=O)O. The van der Waals surface area contributed by atoms with E-state index >= 15 is 0 Å². The highest BCUT2D eigenvalue weighted by Gasteiger charge is 2.31. The molecule has 1 rings (SSSR count). The van der Waals surface area contributed by atoms with Crippen LogP contribution in [-0.2, 0) is 35.3 Å². The van der Waals surface area contributed by atoms with E-state index in [0.717, 1.165) is 17.0 Å². The number of benzene rings is 1. The highest BCUT2D eigenvalue weighted by Crippen LogP contribution is 2.10. The molecule has 0 saturated heterocycles. The molecule has 0 bridgehead atoms. The Morgan fingerprint density at radius 1 is 0.674 bits per heavy atom. The van der Waals surface area contributed by atoms with Crippen LogP contribution in [0.1, 0.15) is 12.0 Å². The van der Waals surface area contributed by atoms with E-state index in [0.29, 0.717) is 13.0 Å². The van der Waals surface area contributed by atoms with Crippen LogP contribution in [0.3, 0.4) is 0 Å². The van der Waals surface area contributed by atoms with E-state index in [1.54, 1.807) is 7.05 Å². The largest absolute Gasteiger partial charge is 0.480 e. The van der Waals surface area contributed by atoms with Gasteiger partial charge < -0.3 is 35.0 Å². The zero-order valence-electron chi connectivity index (χ0n) is 25.1. The Morgan fingerprint density at radius 2 is 1.19 bits per heavy atom. The summed E-state index contributed by atoms with van der Waals surface area (Å²) in [5, 5.41) is 37.3. The summed E-state index contributed by atoms with van der Waals surface area (Å²) in [6, 6.07) is 8.30. The smallest absolute Gasteiger partial charge is 0.317 e. The third kappa shape index (κ3) is 17.2. The molecular weight excluding hydrogens is 566 g/mol. The zero-order valence-corrected chi connectivity index (χ0v) is 25.1. The van der Waals surface area contributed by atoms with Gasteiger partial charge >= 0.3 is 23.9 Å². The van der Waals surface area contributed by atoms with E-state index in [1.165, 1.54) is 14.7 Å². The molecular formula is C28H45N5O10. The number of hydrogen-bond donors (Lipinski definition) is 4. The molecule has 1 amide bonds. The second-order valence-electron chi connectivity index (χ2n) is 10.5. The van der Waals surface area contributed by atoms with Crippen LogP contribution in [0.5, 0.6) is 0 Å². The lowest BCUT2D eigenvalue weighted by Crippen LogP contribution is -2.54. The topological polar surface area (TPSA) is 192 Å². The van der Waals surface area contributed by atoms with E-state index in [2.05, 4.69) is 0 Å². The van der Waals surface area contributed by atoms with Gasteiger partial charge in [-0.1, -0.05) is 30.3 Å². The second kappa shape index (κ2) is 20.3. The van der Waals surface area contributed by atoms with Crippen LogP contribution >= 0.6 is 0 Å². The molecule has 1 aromatic carbocycles. The van der Waals surface area contributed by atoms with Crippen LogP contribution in [0.4, 0.5) is 0 Å². The van der Waals surface area contributed by atoms with E-state index in [9.17, 15) is 34.2 Å². The standard InChI is InChI=1S/C28H45N5O10/c1-29(2)10-7-11-30(3)28(42)23(21-43-20-22-8-5-4-6-9-22)33(19-27(40)41)15-14-31(16-24(34)35)12-13-32(17-25(36)37)18-26(38)39/h4-6,8-9,23H,7,10-21H2,1-3H3,(H,34,35)(H,36,37)(H,38,39)(H,40,41). The molecule has 0 radical (unpaired) electrons. The molecule has 0 fully saturated rings. The molecule has 1 atom stereocenters. The first kappa shape index (κ1) is 37.4. The maximum atomic E-state index is 13.6. The van der Waals surface area contributed by atoms with Gasteiger partial charge in [0.15, 0.2) is 0 Å². The first-order valence-corrected chi connectivity index (χ1v) is 13.9. The molecule has 43 heavy (non-hydrogen) atoms. The van der Waals surface area contributed by atoms with E-state index in [4.69, 9.17) is 14.9 Å². The molecule has 242 valence electrons. The molecule has 0 aliphatic carbocycles. The van der Waals surface area contributed by atoms with Gasteiger partial charge in [0.1, 0.15) is 6.04 Å². The number of carboxylic acids is 4. The number of carbonyl (C=O) groups excluding carboxylic acids is 1. The number of amides is 1. The van der Waals surface area contributed by atoms with Gasteiger partial charge in [-0.15, -0.1) is 0 Å². The Balaban J connectivity index is 3.11. The fourth-order valence-corrected chi connectivity index (χ4v) is 4.31. The number of carboxylic acid groups (broad SMARTS) is 4. The molecule has 15 nitrogen and oxygen atoms in total. The van der Waals surface area contributed by atoms with Crippen LogP contribution in [0, 0.1) is 0 Å². The number of aliphatic carboxylic acids is 4. The molecule has 1 aromatic rings. The van der Waals surface area contributed by atoms with Gasteiger partial charge in [0.2, 0.25) is 5.91 Å². The van der Waals surface area contributed by atoms with Crippen molar-refractivity contribution < 1.29 is 49.1 Å². The third-order valence-electron chi connectivity index (χ3n) is 6.44. The molecule has 15 heteroatoms. The van der Waals surface area contributed by atoms with Crippen LogP contribution in [-0.4, -0.2) is 174 Å². The van der Waals surface area contributed by atoms with Crippen molar-refractivity contribution in [1.82, 2.24) is 24.5 Å². The zero-order chi connectivity index (χ0) is 32.4. The predicted octanol–water partition coefficient (Wildman–Crippen LogP) is -0.774. The number of likely N-dealkylation sites (N-methyl/N-ethyl adjacent to an activating group) is 1. The number of carbonyl (C=O) groups is 5. The minimum absolute atomic E-state index is 0.00132. The summed E-state index contributed by atoms with van der Waals surface area (Å²) in [6.45, 7) is -0.853. The minimum atomic E-state index is -1.23. The average molecular weight is 612 g/mol. The molecule has 4 N–H and O–H groups in total. The van der Waals surface area contributed by atoms with Crippen LogP contribution in [0.15, 0.2) is 30.3 Å². The average Bonchev–Trinajstić information content (AvgIpc) is 2.90. The first-order valence-electron chi connectivity index (χ1n) is 13.9. The Labute approximate surface area is 251 Å². The maximum Gasteiger partial charge on any atom is 0.317 e. The third-order valence-corrected chi connectivity index (χ3v) is 6.44. The van der Waals surface area contributed by atoms with Gasteiger partial charge in [-0.25, -0.2) is 0 Å². The Hall–Kier alpha value is -3.63. The van der Waals surface area contributed by atoms with Gasteiger partial charge in [0.25, 0.3) is 0 Å². The van der Waals surface area contributed by atoms with Crippen LogP contribution in [0.2, 0.25) is 0 Å². The van der Waals surface area contributed by atoms with Crippen LogP contribution < -0.4 is 0 Å². The fourth-order valence-electron chi connectivity index (χ4n) is 4.31. The molecule has 0 saturated carbocycles. The molecule has 0 spiro atoms. The predicted molar refractivity (Wildman–Crippen MR) is 156 cm³/mol. The second-order valence-corrected chi connectivity index (χ2v) is 10.5. The summed E-state index contributed by atoms with van der Waals surface area (Å²) in [7, 11) is 5.47. The summed E-state index contributed by atoms with van der Waals surface area (Å²) in [4.78, 5) is 66.8. The van der Waals surface area contributed by atoms with Crippen LogP contribution in [0.25, 0.3) is 0 Å². The first-order chi connectivity index (χ1) is 20.3. The van der Waals surface area contributed by atoms with Crippen molar-refractivity contribution in [2.75, 3.05) is 93.2 Å². The molecule has 0 aliphatic rings. The van der Waals surface area contributed by atoms with Crippen molar-refractivity contribution in [1.29, 1.82) is 0 Å². The van der Waals surface area contributed by atoms with Crippen molar-refractivity contribution in [3.05, 3.63) is 35.9 Å². The molecule has 0 heterocycles. The van der Waals surface area contributed by atoms with Crippen molar-refractivity contribution in [3.8, 4) is 0 Å². The summed E-state index contributed by atoms with van der Waals surface area (Å²) in [6.07, 6.45) is 0.696. The van der Waals surface area contributed by atoms with Gasteiger partial charge in [0, 0.05) is 39.8 Å². The fraction of sp³-hybridized carbons (Fsp3) is 0.607. The Morgan fingerprint density at radius 3 is 1.72 bits per heavy atom. The Kier molecular flexibility index (Phi) is 17.7. The molecule has 0 aliphatic heterocycles. The van der Waals surface area contributed by atoms with E-state index < -0.39 is 56.1 Å². The lowest BCUT2D eigenvalue weighted by atomic mass is 10.2. The van der Waals surface area contributed by atoms with Crippen molar-refractivity contribution in [2.45, 2.75) is 19.1 Å². The summed E-state index contributed by atoms with van der Waals surface area (Å²) in [5.74, 6) is -5.16. The number of ether oxygens (including phenoxy) is 1. The monoisotopic (exact) mass is 611 g/mol. The minimum Gasteiger partial charge on any atom is -0.480 e. The molecule has 0 aromatic heterocycles. The summed E-state index contributed by atoms with van der Waals surface area (Å²) < 4.78 is 5.87. The Bertz CT molecular complexity index is 1010. The summed E-state index contributed by atoms with van der Waals surface area (Å²) in [5.41, 5.74) is 0.873. The number of rotatable bonds is 24. The van der Waals surface area contributed by atoms with Gasteiger partial charge in [-0.2, -0.15) is 0 Å². The van der Waals surface area contributed by atoms with Gasteiger partial charge in [-0.05, 0) is 32.6 Å². The highest BCUT2D eigenvalue weighted by molar-refractivity contribution is 5.82. The van der Waals surface area contributed by atoms with E-state index in [-0.39, 0.29) is 45.3 Å². The number of hydrogen-bond acceptors (Lipinski definition) is 10. The van der Waals surface area contributed by atoms with Crippen molar-refractivity contribution in [2.24, 2.45) is 0 Å². The lowest BCUT2D eigenvalue weighted by molar-refractivity contribution is -0.145. The highest BCUT2D eigenvalue weighted by atomic mass is 16.5. The van der Waals surface area contributed by atoms with Crippen molar-refractivity contribution >= 4 is 29.8 Å². The molecule has 1 unspecified atom stereocenters. The maximum absolute atomic E-state index is 13.6. The quantitative estimate of drug-likeness (QED) is 0.114. The van der Waals surface area contributed by atoms with Gasteiger partial charge in [-0.3, -0.25) is 38.7 Å². The van der Waals surface area contributed by atoms with E-state index in [1.807, 2.05) is 49.3 Å². The number of nitrogens with zero attached hydrogens (tertiary/aromatic N) is 5. The normalized spacial score (nSPS) is 12.2. The van der Waals surface area contributed by atoms with Crippen molar-refractivity contribution in [3.63, 3.8) is 0 Å². The van der Waals surface area contributed by atoms with Gasteiger partial charge in [0.05, 0.1) is 39.4 Å².